The highest BCUT2D eigenvalue weighted by atomic mass is 14.2. The van der Waals surface area contributed by atoms with Crippen LogP contribution in [0.25, 0.3) is 0 Å². The molecule has 0 radical (unpaired) electrons. The maximum Gasteiger partial charge on any atom is 0.0123 e. The van der Waals surface area contributed by atoms with Gasteiger partial charge in [-0.2, -0.15) is 0 Å². The van der Waals surface area contributed by atoms with Gasteiger partial charge in [-0.1, -0.05) is 23.8 Å². The van der Waals surface area contributed by atoms with Gasteiger partial charge in [0.25, 0.3) is 0 Å². The first-order valence-electron chi connectivity index (χ1n) is 5.00. The van der Waals surface area contributed by atoms with Gasteiger partial charge in [0.15, 0.2) is 0 Å². The molecule has 0 heterocycles. The molecular weight excluding hydrogens is 156 g/mol. The minimum absolute atomic E-state index is 0.692. The van der Waals surface area contributed by atoms with Gasteiger partial charge in [0.2, 0.25) is 0 Å². The van der Waals surface area contributed by atoms with Crippen molar-refractivity contribution in [2.24, 2.45) is 5.92 Å². The molecule has 1 aliphatic rings. The summed E-state index contributed by atoms with van der Waals surface area (Å²) in [6.07, 6.45) is 13.1. The monoisotopic (exact) mass is 174 g/mol. The van der Waals surface area contributed by atoms with Gasteiger partial charge in [0.05, 0.1) is 0 Å². The largest absolute Gasteiger partial charge is 0.120 e. The zero-order valence-corrected chi connectivity index (χ0v) is 8.47. The van der Waals surface area contributed by atoms with Crippen LogP contribution in [0.15, 0.2) is 23.8 Å². The lowest BCUT2D eigenvalue weighted by molar-refractivity contribution is 0.524. The molecule has 0 aliphatic heterocycles. The van der Waals surface area contributed by atoms with Crippen molar-refractivity contribution in [3.8, 4) is 12.3 Å². The minimum atomic E-state index is 0.692. The van der Waals surface area contributed by atoms with E-state index >= 15 is 0 Å². The molecule has 1 atom stereocenters. The highest BCUT2D eigenvalue weighted by Crippen LogP contribution is 2.29. The molecule has 0 nitrogen and oxygen atoms in total. The lowest BCUT2D eigenvalue weighted by atomic mass is 9.84. The molecule has 0 saturated heterocycles. The van der Waals surface area contributed by atoms with Gasteiger partial charge in [-0.15, -0.1) is 12.3 Å². The molecule has 0 N–H and O–H groups in total. The van der Waals surface area contributed by atoms with Crippen LogP contribution >= 0.6 is 0 Å². The number of hydrogen-bond donors (Lipinski definition) is 0. The third-order valence-electron chi connectivity index (χ3n) is 2.81. The summed E-state index contributed by atoms with van der Waals surface area (Å²) < 4.78 is 0. The summed E-state index contributed by atoms with van der Waals surface area (Å²) in [7, 11) is 0. The van der Waals surface area contributed by atoms with E-state index < -0.39 is 0 Å². The van der Waals surface area contributed by atoms with Crippen molar-refractivity contribution in [3.05, 3.63) is 23.8 Å². The summed E-state index contributed by atoms with van der Waals surface area (Å²) in [4.78, 5) is 0. The third-order valence-corrected chi connectivity index (χ3v) is 2.81. The van der Waals surface area contributed by atoms with Crippen molar-refractivity contribution in [2.75, 3.05) is 0 Å². The Hall–Kier alpha value is -0.960. The fraction of sp³-hybridized carbons (Fsp3) is 0.538. The summed E-state index contributed by atoms with van der Waals surface area (Å²) in [5.74, 6) is 3.36. The summed E-state index contributed by atoms with van der Waals surface area (Å²) in [6.45, 7) is 6.32. The number of terminal acetylenes is 1. The van der Waals surface area contributed by atoms with E-state index in [9.17, 15) is 0 Å². The van der Waals surface area contributed by atoms with Crippen molar-refractivity contribution in [3.63, 3.8) is 0 Å². The van der Waals surface area contributed by atoms with E-state index in [0.717, 1.165) is 12.8 Å². The van der Waals surface area contributed by atoms with Crippen molar-refractivity contribution < 1.29 is 0 Å². The standard InChI is InChI=1S/C13H18/c1-4-5-6-12(3)13-9-7-11(2)8-10-13/h1,7,13H,3,5-6,8-10H2,2H3. The van der Waals surface area contributed by atoms with E-state index in [1.807, 2.05) is 0 Å². The average Bonchev–Trinajstić information content (AvgIpc) is 2.15. The first-order chi connectivity index (χ1) is 6.24. The fourth-order valence-corrected chi connectivity index (χ4v) is 1.77. The van der Waals surface area contributed by atoms with Crippen LogP contribution in [0.5, 0.6) is 0 Å². The van der Waals surface area contributed by atoms with Gasteiger partial charge in [-0.25, -0.2) is 0 Å². The van der Waals surface area contributed by atoms with Gasteiger partial charge in [0, 0.05) is 6.42 Å². The van der Waals surface area contributed by atoms with Crippen LogP contribution in [0.1, 0.15) is 39.0 Å². The molecule has 1 aliphatic carbocycles. The molecule has 1 rings (SSSR count). The molecule has 0 aromatic heterocycles. The average molecular weight is 174 g/mol. The first kappa shape index (κ1) is 10.1. The van der Waals surface area contributed by atoms with Crippen LogP contribution < -0.4 is 0 Å². The van der Waals surface area contributed by atoms with Gasteiger partial charge < -0.3 is 0 Å². The van der Waals surface area contributed by atoms with E-state index in [4.69, 9.17) is 6.42 Å². The van der Waals surface area contributed by atoms with E-state index in [0.29, 0.717) is 5.92 Å². The van der Waals surface area contributed by atoms with Crippen LogP contribution in [0.2, 0.25) is 0 Å². The molecule has 0 bridgehead atoms. The number of allylic oxidation sites excluding steroid dienone is 3. The highest BCUT2D eigenvalue weighted by molar-refractivity contribution is 5.12. The van der Waals surface area contributed by atoms with Gasteiger partial charge in [-0.05, 0) is 38.5 Å². The number of hydrogen-bond acceptors (Lipinski definition) is 0. The molecule has 0 fully saturated rings. The van der Waals surface area contributed by atoms with E-state index in [2.05, 4.69) is 25.5 Å². The molecular formula is C13H18. The Morgan fingerprint density at radius 3 is 3.08 bits per heavy atom. The van der Waals surface area contributed by atoms with E-state index in [1.165, 1.54) is 30.4 Å². The van der Waals surface area contributed by atoms with Gasteiger partial charge in [0.1, 0.15) is 0 Å². The second-order valence-corrected chi connectivity index (χ2v) is 3.88. The molecule has 0 aromatic rings. The summed E-state index contributed by atoms with van der Waals surface area (Å²) in [6, 6.07) is 0. The zero-order valence-electron chi connectivity index (χ0n) is 8.47. The molecule has 1 unspecified atom stereocenters. The molecule has 0 heteroatoms. The maximum absolute atomic E-state index is 5.23. The van der Waals surface area contributed by atoms with E-state index in [-0.39, 0.29) is 0 Å². The molecule has 13 heavy (non-hydrogen) atoms. The van der Waals surface area contributed by atoms with Crippen molar-refractivity contribution in [1.29, 1.82) is 0 Å². The van der Waals surface area contributed by atoms with Crippen LogP contribution in [-0.4, -0.2) is 0 Å². The zero-order chi connectivity index (χ0) is 9.68. The molecule has 0 saturated carbocycles. The first-order valence-corrected chi connectivity index (χ1v) is 5.00. The SMILES string of the molecule is C#CCCC(=C)C1CC=C(C)CC1. The maximum atomic E-state index is 5.23. The van der Waals surface area contributed by atoms with Crippen molar-refractivity contribution in [1.82, 2.24) is 0 Å². The van der Waals surface area contributed by atoms with Crippen LogP contribution in [0.3, 0.4) is 0 Å². The minimum Gasteiger partial charge on any atom is -0.120 e. The van der Waals surface area contributed by atoms with Gasteiger partial charge >= 0.3 is 0 Å². The Kier molecular flexibility index (Phi) is 3.83. The van der Waals surface area contributed by atoms with Gasteiger partial charge in [-0.3, -0.25) is 0 Å². The molecule has 0 aromatic carbocycles. The quantitative estimate of drug-likeness (QED) is 0.452. The Morgan fingerprint density at radius 1 is 1.77 bits per heavy atom. The molecule has 0 amide bonds. The Balaban J connectivity index is 2.38. The Labute approximate surface area is 81.7 Å². The van der Waals surface area contributed by atoms with Crippen LogP contribution in [0.4, 0.5) is 0 Å². The summed E-state index contributed by atoms with van der Waals surface area (Å²) >= 11 is 0. The predicted octanol–water partition coefficient (Wildman–Crippen LogP) is 3.70. The van der Waals surface area contributed by atoms with Crippen molar-refractivity contribution >= 4 is 0 Å². The van der Waals surface area contributed by atoms with Crippen LogP contribution in [0, 0.1) is 18.3 Å². The van der Waals surface area contributed by atoms with Crippen molar-refractivity contribution in [2.45, 2.75) is 39.0 Å². The normalized spacial score (nSPS) is 21.8. The molecule has 70 valence electrons. The third kappa shape index (κ3) is 3.11. The topological polar surface area (TPSA) is 0 Å². The summed E-state index contributed by atoms with van der Waals surface area (Å²) in [5.41, 5.74) is 2.88. The second kappa shape index (κ2) is 4.92. The van der Waals surface area contributed by atoms with E-state index in [1.54, 1.807) is 0 Å². The Bertz CT molecular complexity index is 250. The number of rotatable bonds is 3. The smallest absolute Gasteiger partial charge is 0.0123 e. The Morgan fingerprint density at radius 2 is 2.54 bits per heavy atom. The predicted molar refractivity (Wildman–Crippen MR) is 58.3 cm³/mol. The lowest BCUT2D eigenvalue weighted by Crippen LogP contribution is -2.07. The van der Waals surface area contributed by atoms with Crippen LogP contribution in [-0.2, 0) is 0 Å². The molecule has 0 spiro atoms. The second-order valence-electron chi connectivity index (χ2n) is 3.88. The highest BCUT2D eigenvalue weighted by Gasteiger charge is 2.14. The summed E-state index contributed by atoms with van der Waals surface area (Å²) in [5, 5.41) is 0. The fourth-order valence-electron chi connectivity index (χ4n) is 1.77. The lowest BCUT2D eigenvalue weighted by Gasteiger charge is -2.22.